The summed E-state index contributed by atoms with van der Waals surface area (Å²) in [5.74, 6) is 0.122. The molecule has 1 fully saturated rings. The molecule has 1 aliphatic heterocycles. The lowest BCUT2D eigenvalue weighted by Gasteiger charge is -2.34. The second kappa shape index (κ2) is 10.2. The molecule has 0 unspecified atom stereocenters. The van der Waals surface area contributed by atoms with E-state index in [9.17, 15) is 20.2 Å². The quantitative estimate of drug-likeness (QED) is 0.354. The fourth-order valence-electron chi connectivity index (χ4n) is 3.84. The predicted octanol–water partition coefficient (Wildman–Crippen LogP) is 2.36. The van der Waals surface area contributed by atoms with Gasteiger partial charge in [0.1, 0.15) is 0 Å². The van der Waals surface area contributed by atoms with Gasteiger partial charge >= 0.3 is 0 Å². The standard InChI is InChI=1S/C21H24N8O4/c30-28(31)19-13-18(14-20(15-19)29(32)33)21-22-24-27(23-21)8-4-7-25-9-11-26(12-10-25)16-17-5-2-1-3-6-17/h1-3,5-6,13-15H,4,7-12,16H2. The lowest BCUT2D eigenvalue weighted by atomic mass is 10.1. The molecular formula is C21H24N8O4. The molecule has 33 heavy (non-hydrogen) atoms. The van der Waals surface area contributed by atoms with Crippen molar-refractivity contribution in [2.24, 2.45) is 0 Å². The predicted molar refractivity (Wildman–Crippen MR) is 119 cm³/mol. The smallest absolute Gasteiger partial charge is 0.277 e. The molecule has 172 valence electrons. The monoisotopic (exact) mass is 452 g/mol. The van der Waals surface area contributed by atoms with Crippen molar-refractivity contribution in [1.29, 1.82) is 0 Å². The maximum atomic E-state index is 11.1. The van der Waals surface area contributed by atoms with Crippen LogP contribution >= 0.6 is 0 Å². The number of non-ortho nitro benzene ring substituents is 2. The molecular weight excluding hydrogens is 428 g/mol. The zero-order valence-electron chi connectivity index (χ0n) is 18.0. The van der Waals surface area contributed by atoms with Crippen LogP contribution in [0.3, 0.4) is 0 Å². The first kappa shape index (κ1) is 22.4. The van der Waals surface area contributed by atoms with Gasteiger partial charge in [0.25, 0.3) is 11.4 Å². The summed E-state index contributed by atoms with van der Waals surface area (Å²) in [6.45, 7) is 6.45. The second-order valence-corrected chi connectivity index (χ2v) is 7.92. The molecule has 4 rings (SSSR count). The summed E-state index contributed by atoms with van der Waals surface area (Å²) in [5, 5.41) is 34.3. The van der Waals surface area contributed by atoms with Gasteiger partial charge in [-0.3, -0.25) is 25.1 Å². The van der Waals surface area contributed by atoms with E-state index in [0.29, 0.717) is 6.54 Å². The van der Waals surface area contributed by atoms with Gasteiger partial charge in [-0.2, -0.15) is 4.80 Å². The molecule has 0 saturated carbocycles. The van der Waals surface area contributed by atoms with Crippen molar-refractivity contribution in [3.8, 4) is 11.4 Å². The van der Waals surface area contributed by atoms with Crippen molar-refractivity contribution in [3.05, 3.63) is 74.3 Å². The lowest BCUT2D eigenvalue weighted by Crippen LogP contribution is -2.46. The number of nitro benzene ring substituents is 2. The zero-order chi connectivity index (χ0) is 23.2. The maximum absolute atomic E-state index is 11.1. The molecule has 0 atom stereocenters. The molecule has 3 aromatic rings. The van der Waals surface area contributed by atoms with Crippen LogP contribution in [-0.4, -0.2) is 72.6 Å². The van der Waals surface area contributed by atoms with Crippen molar-refractivity contribution >= 4 is 11.4 Å². The van der Waals surface area contributed by atoms with E-state index in [1.165, 1.54) is 22.5 Å². The topological polar surface area (TPSA) is 136 Å². The normalized spacial score (nSPS) is 14.9. The molecule has 0 aliphatic carbocycles. The summed E-state index contributed by atoms with van der Waals surface area (Å²) in [6.07, 6.45) is 0.823. The molecule has 0 spiro atoms. The highest BCUT2D eigenvalue weighted by Crippen LogP contribution is 2.27. The molecule has 2 aromatic carbocycles. The number of piperazine rings is 1. The van der Waals surface area contributed by atoms with Crippen LogP contribution in [0, 0.1) is 20.2 Å². The maximum Gasteiger partial charge on any atom is 0.277 e. The SMILES string of the molecule is O=[N+]([O-])c1cc(-c2nnn(CCCN3CCN(Cc4ccccc4)CC3)n2)cc([N+](=O)[O-])c1. The van der Waals surface area contributed by atoms with E-state index in [2.05, 4.69) is 49.5 Å². The number of tetrazole rings is 1. The summed E-state index contributed by atoms with van der Waals surface area (Å²) in [7, 11) is 0. The Hall–Kier alpha value is -3.77. The fraction of sp³-hybridized carbons (Fsp3) is 0.381. The van der Waals surface area contributed by atoms with Crippen LogP contribution < -0.4 is 0 Å². The van der Waals surface area contributed by atoms with Gasteiger partial charge in [-0.05, 0) is 17.2 Å². The van der Waals surface area contributed by atoms with E-state index < -0.39 is 9.85 Å². The van der Waals surface area contributed by atoms with Gasteiger partial charge < -0.3 is 4.90 Å². The number of benzene rings is 2. The molecule has 12 heteroatoms. The average Bonchev–Trinajstić information content (AvgIpc) is 3.29. The lowest BCUT2D eigenvalue weighted by molar-refractivity contribution is -0.394. The molecule has 0 N–H and O–H groups in total. The van der Waals surface area contributed by atoms with Gasteiger partial charge in [-0.25, -0.2) is 0 Å². The number of nitro groups is 2. The Labute approximate surface area is 189 Å². The Balaban J connectivity index is 1.27. The summed E-state index contributed by atoms with van der Waals surface area (Å²) in [5.41, 5.74) is 0.744. The minimum Gasteiger partial charge on any atom is -0.301 e. The first-order valence-electron chi connectivity index (χ1n) is 10.7. The van der Waals surface area contributed by atoms with E-state index in [1.807, 2.05) is 6.07 Å². The Morgan fingerprint density at radius 3 is 2.12 bits per heavy atom. The van der Waals surface area contributed by atoms with Gasteiger partial charge in [0.15, 0.2) is 0 Å². The van der Waals surface area contributed by atoms with E-state index in [0.717, 1.165) is 51.8 Å². The highest BCUT2D eigenvalue weighted by molar-refractivity contribution is 5.63. The first-order valence-corrected chi connectivity index (χ1v) is 10.7. The highest BCUT2D eigenvalue weighted by Gasteiger charge is 2.20. The van der Waals surface area contributed by atoms with Crippen LogP contribution in [0.2, 0.25) is 0 Å². The number of nitrogens with zero attached hydrogens (tertiary/aromatic N) is 8. The van der Waals surface area contributed by atoms with Crippen molar-refractivity contribution in [1.82, 2.24) is 30.0 Å². The van der Waals surface area contributed by atoms with Gasteiger partial charge in [0.05, 0.1) is 22.5 Å². The van der Waals surface area contributed by atoms with Crippen LogP contribution in [0.25, 0.3) is 11.4 Å². The van der Waals surface area contributed by atoms with Gasteiger partial charge in [-0.15, -0.1) is 10.2 Å². The third-order valence-corrected chi connectivity index (χ3v) is 5.58. The molecule has 1 aromatic heterocycles. The molecule has 1 aliphatic rings. The van der Waals surface area contributed by atoms with E-state index in [4.69, 9.17) is 0 Å². The van der Waals surface area contributed by atoms with Crippen molar-refractivity contribution in [2.45, 2.75) is 19.5 Å². The minimum absolute atomic E-state index is 0.122. The van der Waals surface area contributed by atoms with Gasteiger partial charge in [-0.1, -0.05) is 30.3 Å². The van der Waals surface area contributed by atoms with E-state index in [1.54, 1.807) is 0 Å². The molecule has 0 radical (unpaired) electrons. The summed E-state index contributed by atoms with van der Waals surface area (Å²) >= 11 is 0. The second-order valence-electron chi connectivity index (χ2n) is 7.92. The van der Waals surface area contributed by atoms with Crippen LogP contribution in [0.4, 0.5) is 11.4 Å². The first-order chi connectivity index (χ1) is 16.0. The fourth-order valence-corrected chi connectivity index (χ4v) is 3.84. The molecule has 12 nitrogen and oxygen atoms in total. The number of aromatic nitrogens is 4. The van der Waals surface area contributed by atoms with E-state index in [-0.39, 0.29) is 22.8 Å². The van der Waals surface area contributed by atoms with Crippen LogP contribution in [-0.2, 0) is 13.1 Å². The van der Waals surface area contributed by atoms with Crippen molar-refractivity contribution in [3.63, 3.8) is 0 Å². The molecule has 1 saturated heterocycles. The number of hydrogen-bond donors (Lipinski definition) is 0. The average molecular weight is 452 g/mol. The van der Waals surface area contributed by atoms with E-state index >= 15 is 0 Å². The van der Waals surface area contributed by atoms with Crippen LogP contribution in [0.1, 0.15) is 12.0 Å². The number of hydrogen-bond acceptors (Lipinski definition) is 9. The highest BCUT2D eigenvalue weighted by atomic mass is 16.6. The third-order valence-electron chi connectivity index (χ3n) is 5.58. The van der Waals surface area contributed by atoms with Gasteiger partial charge in [0, 0.05) is 57.0 Å². The number of rotatable bonds is 9. The zero-order valence-corrected chi connectivity index (χ0v) is 18.0. The van der Waals surface area contributed by atoms with Crippen molar-refractivity contribution < 1.29 is 9.85 Å². The van der Waals surface area contributed by atoms with Crippen LogP contribution in [0.5, 0.6) is 0 Å². The Bertz CT molecular complexity index is 1080. The Morgan fingerprint density at radius 2 is 1.48 bits per heavy atom. The largest absolute Gasteiger partial charge is 0.301 e. The van der Waals surface area contributed by atoms with Crippen molar-refractivity contribution in [2.75, 3.05) is 32.7 Å². The number of aryl methyl sites for hydroxylation is 1. The molecule has 2 heterocycles. The third kappa shape index (κ3) is 5.93. The minimum atomic E-state index is -0.680. The molecule has 0 bridgehead atoms. The van der Waals surface area contributed by atoms with Gasteiger partial charge in [0.2, 0.25) is 5.82 Å². The summed E-state index contributed by atoms with van der Waals surface area (Å²) < 4.78 is 0. The summed E-state index contributed by atoms with van der Waals surface area (Å²) in [6, 6.07) is 13.8. The summed E-state index contributed by atoms with van der Waals surface area (Å²) in [4.78, 5) is 27.1. The Kier molecular flexibility index (Phi) is 6.95. The Morgan fingerprint density at radius 1 is 0.848 bits per heavy atom. The molecule has 0 amide bonds. The van der Waals surface area contributed by atoms with Crippen LogP contribution in [0.15, 0.2) is 48.5 Å².